The van der Waals surface area contributed by atoms with Gasteiger partial charge in [-0.05, 0) is 42.7 Å². The molecule has 1 fully saturated rings. The molecular formula is C26H25N3O4. The number of hydrogen-bond acceptors (Lipinski definition) is 5. The molecule has 168 valence electrons. The molecule has 0 spiro atoms. The van der Waals surface area contributed by atoms with Crippen LogP contribution in [0.4, 0.5) is 4.79 Å². The molecule has 1 aliphatic carbocycles. The number of furan rings is 1. The van der Waals surface area contributed by atoms with Crippen molar-refractivity contribution in [2.45, 2.75) is 44.8 Å². The molecule has 2 heterocycles. The summed E-state index contributed by atoms with van der Waals surface area (Å²) in [5.41, 5.74) is 3.79. The third kappa shape index (κ3) is 4.53. The molecule has 2 aromatic heterocycles. The van der Waals surface area contributed by atoms with Crippen LogP contribution in [0.5, 0.6) is 0 Å². The second-order valence-electron chi connectivity index (χ2n) is 8.33. The number of imide groups is 1. The molecule has 0 atom stereocenters. The molecule has 7 heteroatoms. The van der Waals surface area contributed by atoms with Crippen molar-refractivity contribution in [1.29, 1.82) is 0 Å². The number of alkyl carbamates (subject to hydrolysis) is 1. The number of benzene rings is 2. The zero-order valence-electron chi connectivity index (χ0n) is 18.2. The predicted molar refractivity (Wildman–Crippen MR) is 124 cm³/mol. The van der Waals surface area contributed by atoms with Gasteiger partial charge in [-0.2, -0.15) is 0 Å². The van der Waals surface area contributed by atoms with Crippen molar-refractivity contribution in [3.05, 3.63) is 78.3 Å². The van der Waals surface area contributed by atoms with Crippen molar-refractivity contribution in [1.82, 2.24) is 14.9 Å². The maximum Gasteiger partial charge on any atom is 0.414 e. The molecule has 5 rings (SSSR count). The van der Waals surface area contributed by atoms with E-state index in [1.165, 1.54) is 19.3 Å². The minimum absolute atomic E-state index is 0.0961. The second-order valence-corrected chi connectivity index (χ2v) is 8.33. The number of amides is 2. The van der Waals surface area contributed by atoms with Gasteiger partial charge in [0, 0.05) is 11.6 Å². The Morgan fingerprint density at radius 2 is 1.88 bits per heavy atom. The molecular weight excluding hydrogens is 418 g/mol. The first-order valence-electron chi connectivity index (χ1n) is 11.3. The Hall–Kier alpha value is -3.87. The Bertz CT molecular complexity index is 1260. The Kier molecular flexibility index (Phi) is 5.93. The molecule has 33 heavy (non-hydrogen) atoms. The molecule has 4 aromatic rings. The number of fused-ring (bicyclic) bond motifs is 1. The Balaban J connectivity index is 1.37. The van der Waals surface area contributed by atoms with Crippen LogP contribution in [0.15, 0.2) is 71.5 Å². The van der Waals surface area contributed by atoms with Gasteiger partial charge in [0.1, 0.15) is 18.7 Å². The van der Waals surface area contributed by atoms with E-state index in [1.807, 2.05) is 42.5 Å². The molecule has 0 aliphatic heterocycles. The summed E-state index contributed by atoms with van der Waals surface area (Å²) in [5, 5.41) is 2.29. The quantitative estimate of drug-likeness (QED) is 0.417. The summed E-state index contributed by atoms with van der Waals surface area (Å²) in [7, 11) is 0. The highest BCUT2D eigenvalue weighted by molar-refractivity contribution is 6.04. The highest BCUT2D eigenvalue weighted by Crippen LogP contribution is 2.36. The van der Waals surface area contributed by atoms with Crippen LogP contribution in [-0.4, -0.2) is 21.6 Å². The van der Waals surface area contributed by atoms with E-state index in [2.05, 4.69) is 9.88 Å². The van der Waals surface area contributed by atoms with Crippen LogP contribution in [0.1, 0.15) is 54.1 Å². The molecule has 1 N–H and O–H groups in total. The average molecular weight is 444 g/mol. The van der Waals surface area contributed by atoms with E-state index in [1.54, 1.807) is 24.7 Å². The van der Waals surface area contributed by atoms with E-state index in [0.29, 0.717) is 17.1 Å². The number of nitrogens with zero attached hydrogens (tertiary/aromatic N) is 2. The summed E-state index contributed by atoms with van der Waals surface area (Å²) in [4.78, 5) is 29.6. The topological polar surface area (TPSA) is 86.4 Å². The van der Waals surface area contributed by atoms with Crippen LogP contribution in [0.3, 0.4) is 0 Å². The number of carbonyl (C=O) groups is 2. The second kappa shape index (κ2) is 9.32. The van der Waals surface area contributed by atoms with E-state index in [9.17, 15) is 9.59 Å². The molecule has 1 saturated carbocycles. The number of rotatable bonds is 5. The summed E-state index contributed by atoms with van der Waals surface area (Å²) in [5.74, 6) is 0.317. The van der Waals surface area contributed by atoms with Gasteiger partial charge in [0.2, 0.25) is 0 Å². The number of imidazole rings is 1. The average Bonchev–Trinajstić information content (AvgIpc) is 3.51. The summed E-state index contributed by atoms with van der Waals surface area (Å²) in [6.45, 7) is 0.0961. The number of ether oxygens (including phenoxy) is 1. The van der Waals surface area contributed by atoms with Crippen LogP contribution in [0.2, 0.25) is 0 Å². The van der Waals surface area contributed by atoms with E-state index < -0.39 is 12.0 Å². The highest BCUT2D eigenvalue weighted by Gasteiger charge is 2.23. The molecule has 7 nitrogen and oxygen atoms in total. The lowest BCUT2D eigenvalue weighted by Crippen LogP contribution is -2.30. The van der Waals surface area contributed by atoms with Crippen LogP contribution in [-0.2, 0) is 11.3 Å². The molecule has 0 bridgehead atoms. The van der Waals surface area contributed by atoms with Gasteiger partial charge < -0.3 is 13.7 Å². The van der Waals surface area contributed by atoms with Gasteiger partial charge in [0.25, 0.3) is 5.91 Å². The van der Waals surface area contributed by atoms with Crippen molar-refractivity contribution < 1.29 is 18.7 Å². The number of aromatic nitrogens is 2. The fraction of sp³-hybridized carbons (Fsp3) is 0.269. The molecule has 2 amide bonds. The van der Waals surface area contributed by atoms with Crippen molar-refractivity contribution in [3.63, 3.8) is 0 Å². The first kappa shape index (κ1) is 21.0. The maximum atomic E-state index is 12.7. The number of hydrogen-bond donors (Lipinski definition) is 1. The van der Waals surface area contributed by atoms with Crippen molar-refractivity contribution >= 4 is 23.0 Å². The SMILES string of the molecule is O=C(NC(=O)c1ccc2c(c1)nc(-c1ccoc1)n2C1CCCCC1)OCc1ccccc1. The van der Waals surface area contributed by atoms with Gasteiger partial charge in [0.15, 0.2) is 0 Å². The number of carbonyl (C=O) groups excluding carboxylic acids is 2. The lowest BCUT2D eigenvalue weighted by atomic mass is 9.95. The maximum absolute atomic E-state index is 12.7. The van der Waals surface area contributed by atoms with Gasteiger partial charge in [-0.25, -0.2) is 9.78 Å². The fourth-order valence-corrected chi connectivity index (χ4v) is 4.47. The Labute approximate surface area is 191 Å². The van der Waals surface area contributed by atoms with Crippen molar-refractivity contribution in [2.75, 3.05) is 0 Å². The smallest absolute Gasteiger partial charge is 0.414 e. The zero-order valence-corrected chi connectivity index (χ0v) is 18.2. The summed E-state index contributed by atoms with van der Waals surface area (Å²) >= 11 is 0. The first-order chi connectivity index (χ1) is 16.2. The monoisotopic (exact) mass is 443 g/mol. The predicted octanol–water partition coefficient (Wildman–Crippen LogP) is 5.87. The third-order valence-electron chi connectivity index (χ3n) is 6.10. The molecule has 0 saturated heterocycles. The van der Waals surface area contributed by atoms with E-state index in [-0.39, 0.29) is 6.61 Å². The minimum atomic E-state index is -0.782. The van der Waals surface area contributed by atoms with Crippen molar-refractivity contribution in [2.24, 2.45) is 0 Å². The van der Waals surface area contributed by atoms with Crippen LogP contribution >= 0.6 is 0 Å². The van der Waals surface area contributed by atoms with Crippen LogP contribution in [0, 0.1) is 0 Å². The normalized spacial score (nSPS) is 14.3. The minimum Gasteiger partial charge on any atom is -0.472 e. The largest absolute Gasteiger partial charge is 0.472 e. The van der Waals surface area contributed by atoms with Crippen LogP contribution < -0.4 is 5.32 Å². The summed E-state index contributed by atoms with van der Waals surface area (Å²) in [6, 6.07) is 16.9. The standard InChI is InChI=1S/C26H25N3O4/c30-25(28-26(31)33-16-18-7-3-1-4-8-18)19-11-12-23-22(15-19)27-24(20-13-14-32-17-20)29(23)21-9-5-2-6-10-21/h1,3-4,7-8,11-15,17,21H,2,5-6,9-10,16H2,(H,28,30,31). The van der Waals surface area contributed by atoms with E-state index in [0.717, 1.165) is 35.3 Å². The van der Waals surface area contributed by atoms with Gasteiger partial charge in [-0.3, -0.25) is 10.1 Å². The fourth-order valence-electron chi connectivity index (χ4n) is 4.47. The van der Waals surface area contributed by atoms with E-state index in [4.69, 9.17) is 14.1 Å². The third-order valence-corrected chi connectivity index (χ3v) is 6.10. The first-order valence-corrected chi connectivity index (χ1v) is 11.3. The van der Waals surface area contributed by atoms with E-state index >= 15 is 0 Å². The Morgan fingerprint density at radius 1 is 1.06 bits per heavy atom. The summed E-state index contributed by atoms with van der Waals surface area (Å²) < 4.78 is 12.7. The Morgan fingerprint density at radius 3 is 2.64 bits per heavy atom. The van der Waals surface area contributed by atoms with Crippen LogP contribution in [0.25, 0.3) is 22.4 Å². The van der Waals surface area contributed by atoms with Gasteiger partial charge >= 0.3 is 6.09 Å². The molecule has 0 unspecified atom stereocenters. The molecule has 0 radical (unpaired) electrons. The summed E-state index contributed by atoms with van der Waals surface area (Å²) in [6.07, 6.45) is 8.40. The zero-order chi connectivity index (χ0) is 22.6. The van der Waals surface area contributed by atoms with Crippen molar-refractivity contribution in [3.8, 4) is 11.4 Å². The van der Waals surface area contributed by atoms with Gasteiger partial charge in [-0.1, -0.05) is 49.6 Å². The highest BCUT2D eigenvalue weighted by atomic mass is 16.5. The molecule has 2 aromatic carbocycles. The van der Waals surface area contributed by atoms with Gasteiger partial charge in [0.05, 0.1) is 22.9 Å². The lowest BCUT2D eigenvalue weighted by Gasteiger charge is -2.25. The molecule has 1 aliphatic rings. The number of nitrogens with one attached hydrogen (secondary N) is 1. The van der Waals surface area contributed by atoms with Gasteiger partial charge in [-0.15, -0.1) is 0 Å². The lowest BCUT2D eigenvalue weighted by molar-refractivity contribution is 0.0912.